The molecular weight excluding hydrogens is 282 g/mol. The quantitative estimate of drug-likeness (QED) is 0.680. The highest BCUT2D eigenvalue weighted by Gasteiger charge is 2.15. The lowest BCUT2D eigenvalue weighted by Crippen LogP contribution is -2.40. The van der Waals surface area contributed by atoms with Crippen molar-refractivity contribution in [3.8, 4) is 0 Å². The standard InChI is InChI=1S/C8H10BrN3O4/c1-16-7(14)5(10)3-12-2-4(9)6(13)11-8(12)15/h2,5H,3,10H2,1H3,(H,11,13,15)/t5-/m1/s1. The number of carbonyl (C=O) groups is 1. The third-order valence-electron chi connectivity index (χ3n) is 1.86. The molecule has 0 spiro atoms. The van der Waals surface area contributed by atoms with E-state index < -0.39 is 23.3 Å². The maximum absolute atomic E-state index is 11.3. The van der Waals surface area contributed by atoms with Gasteiger partial charge in [-0.15, -0.1) is 0 Å². The van der Waals surface area contributed by atoms with E-state index in [-0.39, 0.29) is 11.0 Å². The molecular formula is C8H10BrN3O4. The number of nitrogens with two attached hydrogens (primary N) is 1. The van der Waals surface area contributed by atoms with Crippen LogP contribution in [0.2, 0.25) is 0 Å². The van der Waals surface area contributed by atoms with Crippen LogP contribution in [-0.4, -0.2) is 28.7 Å². The first-order chi connectivity index (χ1) is 7.45. The fourth-order valence-electron chi connectivity index (χ4n) is 1.06. The molecule has 7 nitrogen and oxygen atoms in total. The monoisotopic (exact) mass is 291 g/mol. The molecule has 1 aromatic heterocycles. The second kappa shape index (κ2) is 5.08. The van der Waals surface area contributed by atoms with Crippen LogP contribution in [0, 0.1) is 0 Å². The molecule has 1 rings (SSSR count). The second-order valence-electron chi connectivity index (χ2n) is 3.02. The van der Waals surface area contributed by atoms with Crippen molar-refractivity contribution in [1.29, 1.82) is 0 Å². The fourth-order valence-corrected chi connectivity index (χ4v) is 1.40. The summed E-state index contributed by atoms with van der Waals surface area (Å²) in [5.74, 6) is -0.630. The van der Waals surface area contributed by atoms with Crippen LogP contribution >= 0.6 is 15.9 Å². The SMILES string of the molecule is COC(=O)[C@H](N)Cn1cc(Br)c(=O)[nH]c1=O. The van der Waals surface area contributed by atoms with Gasteiger partial charge in [0.1, 0.15) is 6.04 Å². The largest absolute Gasteiger partial charge is 0.468 e. The van der Waals surface area contributed by atoms with E-state index in [0.717, 1.165) is 4.57 Å². The lowest BCUT2D eigenvalue weighted by atomic mass is 10.3. The van der Waals surface area contributed by atoms with Gasteiger partial charge in [0.15, 0.2) is 0 Å². The third kappa shape index (κ3) is 2.80. The summed E-state index contributed by atoms with van der Waals surface area (Å²) in [6.07, 6.45) is 1.27. The van der Waals surface area contributed by atoms with Crippen molar-refractivity contribution in [1.82, 2.24) is 9.55 Å². The molecule has 0 aliphatic carbocycles. The van der Waals surface area contributed by atoms with E-state index in [2.05, 4.69) is 25.7 Å². The van der Waals surface area contributed by atoms with Crippen molar-refractivity contribution in [3.05, 3.63) is 31.5 Å². The molecule has 8 heteroatoms. The van der Waals surface area contributed by atoms with Crippen LogP contribution in [0.5, 0.6) is 0 Å². The number of hydrogen-bond acceptors (Lipinski definition) is 5. The van der Waals surface area contributed by atoms with Crippen LogP contribution in [-0.2, 0) is 16.1 Å². The molecule has 0 bridgehead atoms. The van der Waals surface area contributed by atoms with Gasteiger partial charge in [-0.3, -0.25) is 19.1 Å². The van der Waals surface area contributed by atoms with Crippen LogP contribution in [0.25, 0.3) is 0 Å². The van der Waals surface area contributed by atoms with Crippen LogP contribution in [0.4, 0.5) is 0 Å². The summed E-state index contributed by atoms with van der Waals surface area (Å²) < 4.78 is 5.72. The van der Waals surface area contributed by atoms with Gasteiger partial charge in [0.2, 0.25) is 0 Å². The summed E-state index contributed by atoms with van der Waals surface area (Å²) in [5.41, 5.74) is 4.31. The molecule has 0 aromatic carbocycles. The highest BCUT2D eigenvalue weighted by Crippen LogP contribution is 1.98. The van der Waals surface area contributed by atoms with Gasteiger partial charge in [-0.25, -0.2) is 4.79 Å². The molecule has 0 fully saturated rings. The zero-order valence-corrected chi connectivity index (χ0v) is 9.98. The number of esters is 1. The summed E-state index contributed by atoms with van der Waals surface area (Å²) in [5, 5.41) is 0. The van der Waals surface area contributed by atoms with E-state index in [9.17, 15) is 14.4 Å². The number of rotatable bonds is 3. The number of nitrogens with zero attached hydrogens (tertiary/aromatic N) is 1. The zero-order valence-electron chi connectivity index (χ0n) is 8.40. The number of ether oxygens (including phenoxy) is 1. The Morgan fingerprint density at radius 2 is 2.31 bits per heavy atom. The Balaban J connectivity index is 2.98. The zero-order chi connectivity index (χ0) is 12.3. The minimum Gasteiger partial charge on any atom is -0.468 e. The van der Waals surface area contributed by atoms with E-state index in [1.54, 1.807) is 0 Å². The minimum atomic E-state index is -0.958. The Hall–Kier alpha value is -1.41. The van der Waals surface area contributed by atoms with E-state index in [1.807, 2.05) is 0 Å². The number of halogens is 1. The lowest BCUT2D eigenvalue weighted by Gasteiger charge is -2.10. The van der Waals surface area contributed by atoms with Crippen LogP contribution in [0.15, 0.2) is 20.3 Å². The predicted molar refractivity (Wildman–Crippen MR) is 59.0 cm³/mol. The smallest absolute Gasteiger partial charge is 0.328 e. The Labute approximate surface area is 98.3 Å². The number of H-pyrrole nitrogens is 1. The van der Waals surface area contributed by atoms with Gasteiger partial charge in [0, 0.05) is 6.20 Å². The van der Waals surface area contributed by atoms with Crippen molar-refractivity contribution in [2.24, 2.45) is 5.73 Å². The van der Waals surface area contributed by atoms with Crippen molar-refractivity contribution >= 4 is 21.9 Å². The molecule has 0 aliphatic rings. The highest BCUT2D eigenvalue weighted by atomic mass is 79.9. The topological polar surface area (TPSA) is 107 Å². The maximum atomic E-state index is 11.3. The first-order valence-electron chi connectivity index (χ1n) is 4.28. The van der Waals surface area contributed by atoms with E-state index in [1.165, 1.54) is 13.3 Å². The summed E-state index contributed by atoms with van der Waals surface area (Å²) in [6, 6.07) is -0.958. The average Bonchev–Trinajstić information content (AvgIpc) is 2.24. The average molecular weight is 292 g/mol. The Morgan fingerprint density at radius 1 is 1.69 bits per heavy atom. The third-order valence-corrected chi connectivity index (χ3v) is 2.43. The van der Waals surface area contributed by atoms with Gasteiger partial charge < -0.3 is 10.5 Å². The van der Waals surface area contributed by atoms with E-state index in [4.69, 9.17) is 5.73 Å². The molecule has 3 N–H and O–H groups in total. The fraction of sp³-hybridized carbons (Fsp3) is 0.375. The molecule has 1 atom stereocenters. The van der Waals surface area contributed by atoms with Gasteiger partial charge in [-0.2, -0.15) is 0 Å². The van der Waals surface area contributed by atoms with Crippen LogP contribution in [0.3, 0.4) is 0 Å². The summed E-state index contributed by atoms with van der Waals surface area (Å²) in [6.45, 7) is -0.0686. The van der Waals surface area contributed by atoms with Crippen molar-refractivity contribution < 1.29 is 9.53 Å². The van der Waals surface area contributed by atoms with Crippen molar-refractivity contribution in [2.75, 3.05) is 7.11 Å². The summed E-state index contributed by atoms with van der Waals surface area (Å²) in [4.78, 5) is 35.4. The van der Waals surface area contributed by atoms with Gasteiger partial charge in [0.25, 0.3) is 5.56 Å². The first kappa shape index (κ1) is 12.7. The van der Waals surface area contributed by atoms with Crippen LogP contribution in [0.1, 0.15) is 0 Å². The number of methoxy groups -OCH3 is 1. The van der Waals surface area contributed by atoms with Gasteiger partial charge in [-0.1, -0.05) is 0 Å². The minimum absolute atomic E-state index is 0.0686. The summed E-state index contributed by atoms with van der Waals surface area (Å²) >= 11 is 2.96. The molecule has 0 amide bonds. The number of aromatic nitrogens is 2. The van der Waals surface area contributed by atoms with Crippen molar-refractivity contribution in [2.45, 2.75) is 12.6 Å². The number of aromatic amines is 1. The van der Waals surface area contributed by atoms with Crippen LogP contribution < -0.4 is 17.0 Å². The molecule has 0 unspecified atom stereocenters. The highest BCUT2D eigenvalue weighted by molar-refractivity contribution is 9.10. The molecule has 0 aliphatic heterocycles. The first-order valence-corrected chi connectivity index (χ1v) is 5.07. The molecule has 1 aromatic rings. The number of nitrogens with one attached hydrogen (secondary N) is 1. The molecule has 1 heterocycles. The normalized spacial score (nSPS) is 12.2. The summed E-state index contributed by atoms with van der Waals surface area (Å²) in [7, 11) is 1.20. The second-order valence-corrected chi connectivity index (χ2v) is 3.87. The lowest BCUT2D eigenvalue weighted by molar-refractivity contribution is -0.142. The molecule has 88 valence electrons. The molecule has 0 saturated carbocycles. The molecule has 16 heavy (non-hydrogen) atoms. The van der Waals surface area contributed by atoms with Crippen molar-refractivity contribution in [3.63, 3.8) is 0 Å². The molecule has 0 radical (unpaired) electrons. The Morgan fingerprint density at radius 3 is 2.88 bits per heavy atom. The predicted octanol–water partition coefficient (Wildman–Crippen LogP) is -1.20. The van der Waals surface area contributed by atoms with Gasteiger partial charge >= 0.3 is 11.7 Å². The Kier molecular flexibility index (Phi) is 4.02. The van der Waals surface area contributed by atoms with Gasteiger partial charge in [0.05, 0.1) is 18.1 Å². The maximum Gasteiger partial charge on any atom is 0.328 e. The molecule has 0 saturated heterocycles. The Bertz CT molecular complexity index is 507. The van der Waals surface area contributed by atoms with E-state index >= 15 is 0 Å². The van der Waals surface area contributed by atoms with Gasteiger partial charge in [-0.05, 0) is 15.9 Å². The number of carbonyl (C=O) groups excluding carboxylic acids is 1. The van der Waals surface area contributed by atoms with E-state index in [0.29, 0.717) is 0 Å². The number of hydrogen-bond donors (Lipinski definition) is 2.